The zero-order chi connectivity index (χ0) is 28.5. The molecule has 1 aromatic carbocycles. The molecule has 0 saturated carbocycles. The molecule has 0 spiro atoms. The van der Waals surface area contributed by atoms with Gasteiger partial charge in [-0.25, -0.2) is 9.97 Å². The van der Waals surface area contributed by atoms with Gasteiger partial charge >= 0.3 is 0 Å². The quantitative estimate of drug-likeness (QED) is 0.200. The monoisotopic (exact) mass is 564 g/mol. The number of hydrogen-bond donors (Lipinski definition) is 3. The first kappa shape index (κ1) is 28.3. The van der Waals surface area contributed by atoms with Gasteiger partial charge in [0.2, 0.25) is 17.7 Å². The number of benzene rings is 1. The maximum Gasteiger partial charge on any atom is 0.253 e. The van der Waals surface area contributed by atoms with Crippen molar-refractivity contribution in [3.63, 3.8) is 0 Å². The first-order chi connectivity index (χ1) is 18.4. The van der Waals surface area contributed by atoms with Gasteiger partial charge in [0.15, 0.2) is 5.17 Å². The molecule has 3 N–H and O–H groups in total. The fraction of sp³-hybridized carbons (Fsp3) is 0.286. The van der Waals surface area contributed by atoms with E-state index in [2.05, 4.69) is 10.3 Å². The number of amides is 2. The maximum atomic E-state index is 13.4. The molecule has 2 amide bonds. The van der Waals surface area contributed by atoms with E-state index in [1.165, 1.54) is 0 Å². The number of halogens is 1. The van der Waals surface area contributed by atoms with Crippen molar-refractivity contribution < 1.29 is 14.3 Å². The fourth-order valence-electron chi connectivity index (χ4n) is 4.40. The summed E-state index contributed by atoms with van der Waals surface area (Å²) in [6.45, 7) is 7.65. The lowest BCUT2D eigenvalue weighted by Gasteiger charge is -2.37. The Morgan fingerprint density at radius 1 is 1.05 bits per heavy atom. The number of aromatic nitrogens is 2. The Kier molecular flexibility index (Phi) is 8.08. The lowest BCUT2D eigenvalue weighted by Crippen LogP contribution is -2.44. The Morgan fingerprint density at radius 2 is 1.67 bits per heavy atom. The van der Waals surface area contributed by atoms with Crippen molar-refractivity contribution in [3.05, 3.63) is 70.4 Å². The van der Waals surface area contributed by atoms with Gasteiger partial charge in [0, 0.05) is 41.8 Å². The second kappa shape index (κ2) is 11.2. The molecule has 0 fully saturated rings. The minimum Gasteiger partial charge on any atom is -0.420 e. The van der Waals surface area contributed by atoms with Crippen molar-refractivity contribution in [2.75, 3.05) is 13.6 Å². The number of rotatable bonds is 5. The predicted molar refractivity (Wildman–Crippen MR) is 154 cm³/mol. The largest absolute Gasteiger partial charge is 0.420 e. The molecule has 0 aliphatic carbocycles. The van der Waals surface area contributed by atoms with E-state index in [4.69, 9.17) is 32.1 Å². The van der Waals surface area contributed by atoms with Crippen molar-refractivity contribution in [3.8, 4) is 23.0 Å². The van der Waals surface area contributed by atoms with E-state index in [0.29, 0.717) is 34.8 Å². The molecule has 2 aromatic heterocycles. The highest BCUT2D eigenvalue weighted by atomic mass is 35.5. The number of amidine groups is 1. The van der Waals surface area contributed by atoms with Crippen molar-refractivity contribution >= 4 is 45.4 Å². The van der Waals surface area contributed by atoms with Crippen LogP contribution in [0.5, 0.6) is 11.8 Å². The predicted octanol–water partition coefficient (Wildman–Crippen LogP) is 5.93. The molecule has 0 saturated heterocycles. The molecule has 9 nitrogen and oxygen atoms in total. The van der Waals surface area contributed by atoms with Gasteiger partial charge in [-0.1, -0.05) is 43.6 Å². The summed E-state index contributed by atoms with van der Waals surface area (Å²) < 4.78 is 6.09. The van der Waals surface area contributed by atoms with Crippen LogP contribution in [-0.2, 0) is 4.79 Å². The highest BCUT2D eigenvalue weighted by molar-refractivity contribution is 8.26. The molecule has 0 bridgehead atoms. The number of hydrogen-bond acceptors (Lipinski definition) is 8. The summed E-state index contributed by atoms with van der Waals surface area (Å²) in [6, 6.07) is 14.4. The number of carbonyl (C=O) groups excluding carboxylic acids is 2. The van der Waals surface area contributed by atoms with E-state index in [-0.39, 0.29) is 33.1 Å². The van der Waals surface area contributed by atoms with Gasteiger partial charge < -0.3 is 15.0 Å². The molecule has 1 aliphatic heterocycles. The second-order valence-electron chi connectivity index (χ2n) is 9.71. The Morgan fingerprint density at radius 3 is 2.28 bits per heavy atom. The van der Waals surface area contributed by atoms with Gasteiger partial charge in [-0.05, 0) is 55.9 Å². The summed E-state index contributed by atoms with van der Waals surface area (Å²) in [5.41, 5.74) is 2.31. The van der Waals surface area contributed by atoms with E-state index in [0.717, 1.165) is 17.3 Å². The first-order valence-electron chi connectivity index (χ1n) is 12.3. The first-order valence-corrected chi connectivity index (χ1v) is 13.5. The van der Waals surface area contributed by atoms with Gasteiger partial charge in [0.1, 0.15) is 5.15 Å². The number of fused-ring (bicyclic) bond motifs is 2. The van der Waals surface area contributed by atoms with E-state index in [9.17, 15) is 9.59 Å². The number of pyridine rings is 2. The molecular weight excluding hydrogens is 536 g/mol. The summed E-state index contributed by atoms with van der Waals surface area (Å²) in [5, 5.41) is 18.6. The minimum absolute atomic E-state index is 0.0593. The minimum atomic E-state index is -1.05. The van der Waals surface area contributed by atoms with Crippen LogP contribution in [0, 0.1) is 16.2 Å². The molecule has 0 radical (unpaired) electrons. The highest BCUT2D eigenvalue weighted by Gasteiger charge is 2.45. The van der Waals surface area contributed by atoms with E-state index < -0.39 is 11.3 Å². The van der Waals surface area contributed by atoms with Gasteiger partial charge in [-0.15, -0.1) is 0 Å². The Balaban J connectivity index is 1.72. The summed E-state index contributed by atoms with van der Waals surface area (Å²) in [5.74, 6) is -0.400. The summed E-state index contributed by atoms with van der Waals surface area (Å²) in [4.78, 5) is 36.6. The Hall–Kier alpha value is -3.76. The Bertz CT molecular complexity index is 1470. The van der Waals surface area contributed by atoms with Crippen molar-refractivity contribution in [1.82, 2.24) is 20.2 Å². The number of ether oxygens (including phenoxy) is 1. The zero-order valence-corrected chi connectivity index (χ0v) is 23.8. The van der Waals surface area contributed by atoms with Crippen LogP contribution in [0.1, 0.15) is 55.1 Å². The fourth-order valence-corrected chi connectivity index (χ4v) is 4.99. The number of thioether (sulfide) groups is 1. The highest BCUT2D eigenvalue weighted by Crippen LogP contribution is 2.51. The van der Waals surface area contributed by atoms with Gasteiger partial charge in [-0.3, -0.25) is 20.4 Å². The third-order valence-electron chi connectivity index (χ3n) is 6.60. The van der Waals surface area contributed by atoms with Crippen molar-refractivity contribution in [2.24, 2.45) is 5.41 Å². The van der Waals surface area contributed by atoms with E-state index >= 15 is 0 Å². The van der Waals surface area contributed by atoms with E-state index in [1.54, 1.807) is 57.0 Å². The lowest BCUT2D eigenvalue weighted by atomic mass is 9.70. The summed E-state index contributed by atoms with van der Waals surface area (Å²) in [7, 11) is 1.76. The molecule has 1 atom stereocenters. The topological polar surface area (TPSA) is 132 Å². The molecule has 39 heavy (non-hydrogen) atoms. The summed E-state index contributed by atoms with van der Waals surface area (Å²) in [6.07, 6.45) is 0. The number of nitrogens with one attached hydrogen (secondary N) is 3. The molecule has 1 unspecified atom stereocenters. The van der Waals surface area contributed by atoms with Crippen molar-refractivity contribution in [1.29, 1.82) is 10.8 Å². The van der Waals surface area contributed by atoms with Gasteiger partial charge in [0.05, 0.1) is 16.2 Å². The normalized spacial score (nSPS) is 13.9. The smallest absolute Gasteiger partial charge is 0.253 e. The molecule has 3 aromatic rings. The standard InChI is InChI=1S/C28H29ClN6O3S/c1-6-35(5)25(36)17-9-7-16(8-10-17)20-13-11-18-22(28(3,4)26(37)34-27(31)39-15(2)30)19-12-14-21(29)33-24(19)38-23(18)32-20/h7-14,22,30H,6H2,1-5H3,(H2,31,34,37). The SMILES string of the molecule is CCN(C)C(=O)c1ccc(-c2ccc3c(n2)Oc2nc(Cl)ccc2C3C(C)(C)C(=O)NC(=N)SC(C)=N)cc1. The Labute approximate surface area is 236 Å². The van der Waals surface area contributed by atoms with Crippen LogP contribution in [0.4, 0.5) is 0 Å². The maximum absolute atomic E-state index is 13.4. The second-order valence-corrected chi connectivity index (χ2v) is 11.3. The van der Waals surface area contributed by atoms with Gasteiger partial charge in [-0.2, -0.15) is 0 Å². The molecule has 1 aliphatic rings. The van der Waals surface area contributed by atoms with Crippen LogP contribution in [0.3, 0.4) is 0 Å². The lowest BCUT2D eigenvalue weighted by molar-refractivity contribution is -0.128. The summed E-state index contributed by atoms with van der Waals surface area (Å²) >= 11 is 7.04. The molecule has 11 heteroatoms. The molecule has 3 heterocycles. The molecule has 4 rings (SSSR count). The average molecular weight is 565 g/mol. The van der Waals surface area contributed by atoms with Crippen LogP contribution >= 0.6 is 23.4 Å². The van der Waals surface area contributed by atoms with Crippen LogP contribution in [0.2, 0.25) is 5.15 Å². The van der Waals surface area contributed by atoms with Crippen LogP contribution in [-0.4, -0.2) is 50.5 Å². The molecule has 202 valence electrons. The van der Waals surface area contributed by atoms with Crippen LogP contribution < -0.4 is 10.1 Å². The average Bonchev–Trinajstić information content (AvgIpc) is 2.89. The van der Waals surface area contributed by atoms with Gasteiger partial charge in [0.25, 0.3) is 5.91 Å². The van der Waals surface area contributed by atoms with Crippen molar-refractivity contribution in [2.45, 2.75) is 33.6 Å². The van der Waals surface area contributed by atoms with Crippen LogP contribution in [0.25, 0.3) is 11.3 Å². The van der Waals surface area contributed by atoms with E-state index in [1.807, 2.05) is 31.2 Å². The number of nitrogens with zero attached hydrogens (tertiary/aromatic N) is 3. The zero-order valence-electron chi connectivity index (χ0n) is 22.3. The third kappa shape index (κ3) is 5.81. The third-order valence-corrected chi connectivity index (χ3v) is 7.42. The molecular formula is C28H29ClN6O3S. The number of carbonyl (C=O) groups is 2. The van der Waals surface area contributed by atoms with Crippen LogP contribution in [0.15, 0.2) is 48.5 Å².